The van der Waals surface area contributed by atoms with Crippen molar-refractivity contribution >= 4 is 0 Å². The molecule has 0 aliphatic heterocycles. The first kappa shape index (κ1) is 18.8. The molecule has 3 heterocycles. The van der Waals surface area contributed by atoms with Crippen molar-refractivity contribution in [2.45, 2.75) is 39.7 Å². The summed E-state index contributed by atoms with van der Waals surface area (Å²) in [6.45, 7) is 4.20. The highest BCUT2D eigenvalue weighted by molar-refractivity contribution is 5.35. The van der Waals surface area contributed by atoms with E-state index in [0.717, 1.165) is 29.9 Å². The third kappa shape index (κ3) is 3.87. The van der Waals surface area contributed by atoms with Gasteiger partial charge in [0.25, 0.3) is 0 Å². The van der Waals surface area contributed by atoms with Crippen molar-refractivity contribution in [2.75, 3.05) is 0 Å². The van der Waals surface area contributed by atoms with Crippen LogP contribution >= 0.6 is 0 Å². The van der Waals surface area contributed by atoms with Gasteiger partial charge in [-0.2, -0.15) is 5.10 Å². The molecule has 3 aromatic heterocycles. The molecule has 0 fully saturated rings. The third-order valence-electron chi connectivity index (χ3n) is 5.06. The SMILES string of the molecule is Cc1noc(C)c1Cn1cc(-n2c(O)c(CCCc3ccccc3)[nH]c2=O)cn1. The molecule has 8 heteroatoms. The molecule has 0 saturated heterocycles. The van der Waals surface area contributed by atoms with E-state index in [0.29, 0.717) is 24.3 Å². The zero-order chi connectivity index (χ0) is 20.4. The second-order valence-electron chi connectivity index (χ2n) is 7.11. The summed E-state index contributed by atoms with van der Waals surface area (Å²) in [5.74, 6) is 0.668. The van der Waals surface area contributed by atoms with Gasteiger partial charge in [0.15, 0.2) is 0 Å². The number of aromatic hydroxyl groups is 1. The van der Waals surface area contributed by atoms with Gasteiger partial charge in [0.1, 0.15) is 5.76 Å². The quantitative estimate of drug-likeness (QED) is 0.503. The maximum Gasteiger partial charge on any atom is 0.333 e. The Morgan fingerprint density at radius 2 is 1.97 bits per heavy atom. The number of imidazole rings is 1. The van der Waals surface area contributed by atoms with Crippen LogP contribution in [0.3, 0.4) is 0 Å². The Bertz CT molecular complexity index is 1150. The summed E-state index contributed by atoms with van der Waals surface area (Å²) < 4.78 is 8.11. The Hall–Kier alpha value is -3.55. The van der Waals surface area contributed by atoms with Gasteiger partial charge in [-0.15, -0.1) is 0 Å². The van der Waals surface area contributed by atoms with Crippen LogP contribution in [0.2, 0.25) is 0 Å². The average molecular weight is 393 g/mol. The topological polar surface area (TPSA) is 102 Å². The van der Waals surface area contributed by atoms with E-state index in [1.807, 2.05) is 32.0 Å². The summed E-state index contributed by atoms with van der Waals surface area (Å²) >= 11 is 0. The monoisotopic (exact) mass is 393 g/mol. The van der Waals surface area contributed by atoms with Gasteiger partial charge in [0.05, 0.1) is 29.8 Å². The van der Waals surface area contributed by atoms with Crippen molar-refractivity contribution in [3.63, 3.8) is 0 Å². The number of aromatic amines is 1. The van der Waals surface area contributed by atoms with Crippen LogP contribution in [0.25, 0.3) is 5.69 Å². The molecule has 0 aliphatic rings. The summed E-state index contributed by atoms with van der Waals surface area (Å²) in [6, 6.07) is 10.1. The summed E-state index contributed by atoms with van der Waals surface area (Å²) in [5, 5.41) is 18.8. The number of rotatable bonds is 7. The summed E-state index contributed by atoms with van der Waals surface area (Å²) in [5.41, 5.74) is 3.64. The highest BCUT2D eigenvalue weighted by Crippen LogP contribution is 2.21. The Balaban J connectivity index is 1.49. The number of nitrogens with one attached hydrogen (secondary N) is 1. The lowest BCUT2D eigenvalue weighted by Crippen LogP contribution is -2.14. The Morgan fingerprint density at radius 1 is 1.17 bits per heavy atom. The van der Waals surface area contributed by atoms with Crippen LogP contribution < -0.4 is 5.69 Å². The minimum atomic E-state index is -0.380. The van der Waals surface area contributed by atoms with Crippen molar-refractivity contribution in [2.24, 2.45) is 0 Å². The minimum Gasteiger partial charge on any atom is -0.493 e. The van der Waals surface area contributed by atoms with Crippen molar-refractivity contribution in [3.8, 4) is 11.6 Å². The predicted molar refractivity (Wildman–Crippen MR) is 107 cm³/mol. The highest BCUT2D eigenvalue weighted by atomic mass is 16.5. The van der Waals surface area contributed by atoms with Gasteiger partial charge in [-0.25, -0.2) is 9.36 Å². The predicted octanol–water partition coefficient (Wildman–Crippen LogP) is 2.90. The first-order valence-electron chi connectivity index (χ1n) is 9.54. The summed E-state index contributed by atoms with van der Waals surface area (Å²) in [4.78, 5) is 15.2. The third-order valence-corrected chi connectivity index (χ3v) is 5.06. The van der Waals surface area contributed by atoms with E-state index in [9.17, 15) is 9.90 Å². The number of benzene rings is 1. The molecule has 0 bridgehead atoms. The molecule has 0 aliphatic carbocycles. The van der Waals surface area contributed by atoms with Crippen LogP contribution in [0.1, 0.15) is 34.7 Å². The molecular formula is C21H23N5O3. The molecule has 0 saturated carbocycles. The first-order valence-corrected chi connectivity index (χ1v) is 9.54. The van der Waals surface area contributed by atoms with Gasteiger partial charge in [-0.3, -0.25) is 4.68 Å². The van der Waals surface area contributed by atoms with Gasteiger partial charge in [0.2, 0.25) is 5.88 Å². The second kappa shape index (κ2) is 7.83. The van der Waals surface area contributed by atoms with E-state index in [-0.39, 0.29) is 11.6 Å². The van der Waals surface area contributed by atoms with Crippen molar-refractivity contribution in [1.82, 2.24) is 24.5 Å². The van der Waals surface area contributed by atoms with Crippen LogP contribution in [0, 0.1) is 13.8 Å². The van der Waals surface area contributed by atoms with Crippen LogP contribution in [-0.2, 0) is 19.4 Å². The molecule has 0 unspecified atom stereocenters. The molecule has 0 spiro atoms. The van der Waals surface area contributed by atoms with E-state index in [2.05, 4.69) is 27.4 Å². The van der Waals surface area contributed by atoms with Gasteiger partial charge in [0, 0.05) is 11.8 Å². The van der Waals surface area contributed by atoms with Crippen LogP contribution in [0.15, 0.2) is 52.0 Å². The minimum absolute atomic E-state index is 0.0695. The first-order chi connectivity index (χ1) is 14.0. The number of H-pyrrole nitrogens is 1. The van der Waals surface area contributed by atoms with Gasteiger partial charge in [-0.05, 0) is 38.7 Å². The summed E-state index contributed by atoms with van der Waals surface area (Å²) in [7, 11) is 0. The van der Waals surface area contributed by atoms with Crippen LogP contribution in [0.5, 0.6) is 5.88 Å². The van der Waals surface area contributed by atoms with E-state index < -0.39 is 0 Å². The van der Waals surface area contributed by atoms with Crippen molar-refractivity contribution in [1.29, 1.82) is 0 Å². The smallest absolute Gasteiger partial charge is 0.333 e. The number of aryl methyl sites for hydroxylation is 4. The van der Waals surface area contributed by atoms with Gasteiger partial charge < -0.3 is 14.6 Å². The maximum absolute atomic E-state index is 12.4. The zero-order valence-corrected chi connectivity index (χ0v) is 16.4. The highest BCUT2D eigenvalue weighted by Gasteiger charge is 2.17. The molecule has 4 aromatic rings. The molecule has 2 N–H and O–H groups in total. The van der Waals surface area contributed by atoms with Gasteiger partial charge in [-0.1, -0.05) is 35.5 Å². The molecule has 0 amide bonds. The number of aromatic nitrogens is 5. The Morgan fingerprint density at radius 3 is 2.69 bits per heavy atom. The molecule has 1 aromatic carbocycles. The van der Waals surface area contributed by atoms with Crippen LogP contribution in [0.4, 0.5) is 0 Å². The fourth-order valence-electron chi connectivity index (χ4n) is 3.44. The fourth-order valence-corrected chi connectivity index (χ4v) is 3.44. The second-order valence-corrected chi connectivity index (χ2v) is 7.11. The molecule has 29 heavy (non-hydrogen) atoms. The van der Waals surface area contributed by atoms with Crippen LogP contribution in [-0.4, -0.2) is 29.6 Å². The zero-order valence-electron chi connectivity index (χ0n) is 16.4. The lowest BCUT2D eigenvalue weighted by atomic mass is 10.1. The molecule has 4 rings (SSSR count). The van der Waals surface area contributed by atoms with E-state index >= 15 is 0 Å². The standard InChI is InChI=1S/C21H23N5O3/c1-14-18(15(2)29-24-14)13-25-12-17(11-22-25)26-20(27)19(23-21(26)28)10-6-9-16-7-4-3-5-8-16/h3-5,7-8,11-12,27H,6,9-10,13H2,1-2H3,(H,23,28). The molecule has 150 valence electrons. The van der Waals surface area contributed by atoms with E-state index in [4.69, 9.17) is 4.52 Å². The Kier molecular flexibility index (Phi) is 5.07. The lowest BCUT2D eigenvalue weighted by Gasteiger charge is -2.03. The Labute approximate surface area is 167 Å². The lowest BCUT2D eigenvalue weighted by molar-refractivity contribution is 0.391. The summed E-state index contributed by atoms with van der Waals surface area (Å²) in [6.07, 6.45) is 5.55. The van der Waals surface area contributed by atoms with Crippen molar-refractivity contribution < 1.29 is 9.63 Å². The molecule has 0 atom stereocenters. The maximum atomic E-state index is 12.4. The van der Waals surface area contributed by atoms with E-state index in [1.54, 1.807) is 17.1 Å². The molecule has 0 radical (unpaired) electrons. The van der Waals surface area contributed by atoms with E-state index in [1.165, 1.54) is 10.1 Å². The molecular weight excluding hydrogens is 370 g/mol. The van der Waals surface area contributed by atoms with Gasteiger partial charge >= 0.3 is 5.69 Å². The molecule has 8 nitrogen and oxygen atoms in total. The average Bonchev–Trinajstić information content (AvgIpc) is 3.37. The normalized spacial score (nSPS) is 11.2. The largest absolute Gasteiger partial charge is 0.493 e. The van der Waals surface area contributed by atoms with Crippen molar-refractivity contribution in [3.05, 3.63) is 81.5 Å². The number of hydrogen-bond donors (Lipinski definition) is 2. The number of nitrogens with zero attached hydrogens (tertiary/aromatic N) is 4. The number of hydrogen-bond acceptors (Lipinski definition) is 5. The fraction of sp³-hybridized carbons (Fsp3) is 0.286.